The Hall–Kier alpha value is -1.03. The molecular weight excluding hydrogens is 241 g/mol. The third-order valence-corrected chi connectivity index (χ3v) is 1.51. The molecule has 1 aromatic carbocycles. The predicted octanol–water partition coefficient (Wildman–Crippen LogP) is -2.59. The van der Waals surface area contributed by atoms with E-state index in [9.17, 15) is 0 Å². The Morgan fingerprint density at radius 3 is 2.00 bits per heavy atom. The summed E-state index contributed by atoms with van der Waals surface area (Å²) in [5, 5.41) is 1.20. The van der Waals surface area contributed by atoms with E-state index in [4.69, 9.17) is 0 Å². The van der Waals surface area contributed by atoms with Crippen molar-refractivity contribution in [2.45, 2.75) is 0 Å². The first-order chi connectivity index (χ1) is 4.97. The van der Waals surface area contributed by atoms with Gasteiger partial charge in [-0.2, -0.15) is 0 Å². The molecule has 0 aliphatic carbocycles. The Morgan fingerprint density at radius 2 is 1.40 bits per heavy atom. The summed E-state index contributed by atoms with van der Waals surface area (Å²) >= 11 is 0. The predicted molar refractivity (Wildman–Crippen MR) is 50.9 cm³/mol. The summed E-state index contributed by atoms with van der Waals surface area (Å²) in [6.07, 6.45) is 1.81. The van der Waals surface area contributed by atoms with Crippen LogP contribution in [0.2, 0.25) is 0 Å². The number of nitrogens with zero attached hydrogens (tertiary/aromatic N) is 1. The number of hydrogen-bond acceptors (Lipinski definition) is 2. The van der Waals surface area contributed by atoms with Crippen LogP contribution in [0, 0.1) is 0 Å². The quantitative estimate of drug-likeness (QED) is 0.514. The Bertz CT molecular complexity index is 296. The van der Waals surface area contributed by atoms with Crippen LogP contribution in [0.3, 0.4) is 0 Å². The molecule has 0 fully saturated rings. The maximum Gasteiger partial charge on any atom is 2.00 e. The van der Waals surface area contributed by atoms with E-state index in [-0.39, 0.29) is 38.5 Å². The summed E-state index contributed by atoms with van der Waals surface area (Å²) in [4.78, 5) is 4.18. The zero-order chi connectivity index (χ0) is 6.81. The van der Waals surface area contributed by atoms with Crippen molar-refractivity contribution in [2.75, 3.05) is 0 Å². The van der Waals surface area contributed by atoms with Crippen molar-refractivity contribution in [3.63, 3.8) is 0 Å². The van der Waals surface area contributed by atoms with Gasteiger partial charge in [0.1, 0.15) is 0 Å². The van der Waals surface area contributed by atoms with Gasteiger partial charge in [0.05, 0.1) is 5.52 Å². The molecule has 0 bridgehead atoms. The number of para-hydroxylation sites is 1. The van der Waals surface area contributed by atoms with Gasteiger partial charge in [-0.1, -0.05) is 24.3 Å². The molecule has 0 amide bonds. The number of pyridine rings is 1. The Kier molecular flexibility index (Phi) is 17.4. The van der Waals surface area contributed by atoms with Crippen LogP contribution >= 0.6 is 0 Å². The van der Waals surface area contributed by atoms with Crippen molar-refractivity contribution in [2.24, 2.45) is 0 Å². The third-order valence-electron chi connectivity index (χ3n) is 1.51. The molecule has 0 saturated heterocycles. The number of halogens is 1. The van der Waals surface area contributed by atoms with E-state index in [2.05, 4.69) is 17.1 Å². The van der Waals surface area contributed by atoms with Gasteiger partial charge in [0.2, 0.25) is 0 Å². The molecule has 0 radical (unpaired) electrons. The number of rotatable bonds is 0. The normalized spacial score (nSPS) is 6.67. The van der Waals surface area contributed by atoms with Gasteiger partial charge < -0.3 is 21.1 Å². The molecule has 2 rings (SSSR count). The first kappa shape index (κ1) is 23.6. The molecular formula is C9H12CrFNO3. The fourth-order valence-electron chi connectivity index (χ4n) is 1.02. The molecule has 6 heteroatoms. The van der Waals surface area contributed by atoms with E-state index < -0.39 is 0 Å². The van der Waals surface area contributed by atoms with Gasteiger partial charge in [0, 0.05) is 11.6 Å². The first-order valence-corrected chi connectivity index (χ1v) is 3.26. The van der Waals surface area contributed by atoms with E-state index in [1.807, 2.05) is 30.5 Å². The van der Waals surface area contributed by atoms with E-state index in [1.165, 1.54) is 5.39 Å². The van der Waals surface area contributed by atoms with Crippen molar-refractivity contribution in [3.8, 4) is 0 Å². The SMILES string of the molecule is O.O.[Cr+2].[F-].[OH-].c1ccc2ncccc2c1. The molecule has 0 saturated carbocycles. The van der Waals surface area contributed by atoms with Crippen LogP contribution in [0.1, 0.15) is 0 Å². The molecule has 0 unspecified atom stereocenters. The summed E-state index contributed by atoms with van der Waals surface area (Å²) in [7, 11) is 0. The Balaban J connectivity index is -0.000000121. The molecule has 0 aliphatic heterocycles. The van der Waals surface area contributed by atoms with Crippen LogP contribution < -0.4 is 4.70 Å². The fraction of sp³-hybridized carbons (Fsp3) is 0. The zero-order valence-electron chi connectivity index (χ0n) is 7.72. The van der Waals surface area contributed by atoms with Crippen molar-refractivity contribution in [1.82, 2.24) is 4.98 Å². The maximum atomic E-state index is 4.18. The van der Waals surface area contributed by atoms with Gasteiger partial charge in [-0.3, -0.25) is 4.98 Å². The van der Waals surface area contributed by atoms with Crippen LogP contribution in [-0.2, 0) is 17.4 Å². The Labute approximate surface area is 97.4 Å². The zero-order valence-corrected chi connectivity index (χ0v) is 9.00. The maximum absolute atomic E-state index is 4.18. The van der Waals surface area contributed by atoms with Crippen LogP contribution in [-0.4, -0.2) is 21.4 Å². The monoisotopic (exact) mass is 253 g/mol. The molecule has 0 spiro atoms. The van der Waals surface area contributed by atoms with Gasteiger partial charge in [-0.05, 0) is 12.1 Å². The molecule has 4 nitrogen and oxygen atoms in total. The molecule has 84 valence electrons. The van der Waals surface area contributed by atoms with E-state index >= 15 is 0 Å². The summed E-state index contributed by atoms with van der Waals surface area (Å²) in [6.45, 7) is 0. The summed E-state index contributed by atoms with van der Waals surface area (Å²) < 4.78 is 0. The number of benzene rings is 1. The fourth-order valence-corrected chi connectivity index (χ4v) is 1.02. The average Bonchev–Trinajstić information content (AvgIpc) is 2.05. The number of aromatic nitrogens is 1. The molecule has 0 atom stereocenters. The van der Waals surface area contributed by atoms with E-state index in [1.54, 1.807) is 0 Å². The molecule has 0 aliphatic rings. The van der Waals surface area contributed by atoms with Gasteiger partial charge in [-0.25, -0.2) is 0 Å². The van der Waals surface area contributed by atoms with Crippen molar-refractivity contribution in [1.29, 1.82) is 0 Å². The van der Waals surface area contributed by atoms with Crippen LogP contribution in [0.15, 0.2) is 42.6 Å². The van der Waals surface area contributed by atoms with Gasteiger partial charge in [-0.15, -0.1) is 0 Å². The molecule has 2 aromatic rings. The minimum absolute atomic E-state index is 0. The van der Waals surface area contributed by atoms with E-state index in [0.717, 1.165) is 5.52 Å². The number of fused-ring (bicyclic) bond motifs is 1. The molecule has 15 heavy (non-hydrogen) atoms. The summed E-state index contributed by atoms with van der Waals surface area (Å²) in [5.74, 6) is 0. The van der Waals surface area contributed by atoms with Gasteiger partial charge >= 0.3 is 17.4 Å². The summed E-state index contributed by atoms with van der Waals surface area (Å²) in [5.41, 5.74) is 1.06. The first-order valence-electron chi connectivity index (χ1n) is 3.26. The third kappa shape index (κ3) is 5.42. The minimum Gasteiger partial charge on any atom is -1.00 e. The molecule has 1 aromatic heterocycles. The van der Waals surface area contributed by atoms with Crippen molar-refractivity contribution >= 4 is 10.9 Å². The smallest absolute Gasteiger partial charge is 1.00 e. The van der Waals surface area contributed by atoms with Gasteiger partial charge in [0.25, 0.3) is 0 Å². The average molecular weight is 253 g/mol. The van der Waals surface area contributed by atoms with E-state index in [0.29, 0.717) is 0 Å². The van der Waals surface area contributed by atoms with Crippen LogP contribution in [0.25, 0.3) is 10.9 Å². The van der Waals surface area contributed by atoms with Crippen LogP contribution in [0.5, 0.6) is 0 Å². The molecule has 5 N–H and O–H groups in total. The van der Waals surface area contributed by atoms with Crippen LogP contribution in [0.4, 0.5) is 0 Å². The number of hydrogen-bond donors (Lipinski definition) is 0. The van der Waals surface area contributed by atoms with Gasteiger partial charge in [0.15, 0.2) is 0 Å². The second kappa shape index (κ2) is 11.0. The summed E-state index contributed by atoms with van der Waals surface area (Å²) in [6, 6.07) is 12.1. The minimum atomic E-state index is 0. The second-order valence-electron chi connectivity index (χ2n) is 2.20. The molecule has 1 heterocycles. The second-order valence-corrected chi connectivity index (χ2v) is 2.20. The topological polar surface area (TPSA) is 106 Å². The van der Waals surface area contributed by atoms with Crippen molar-refractivity contribution in [3.05, 3.63) is 42.6 Å². The Morgan fingerprint density at radius 1 is 0.867 bits per heavy atom. The standard InChI is InChI=1S/C9H7N.Cr.FH.3H2O/c1-2-6-9-8(4-1)5-3-7-10-9;;;;;/h1-7H;;1H;3*1H2/q;+2;;;;/p-2. The largest absolute Gasteiger partial charge is 2.00 e. The van der Waals surface area contributed by atoms with Crippen molar-refractivity contribution < 1.29 is 38.5 Å².